The minimum Gasteiger partial charge on any atom is -0.497 e. The third-order valence-electron chi connectivity index (χ3n) is 3.49. The highest BCUT2D eigenvalue weighted by Gasteiger charge is 2.06. The van der Waals surface area contributed by atoms with E-state index in [-0.39, 0.29) is 5.38 Å². The van der Waals surface area contributed by atoms with Gasteiger partial charge in [0.15, 0.2) is 0 Å². The molecule has 0 aliphatic heterocycles. The second-order valence-corrected chi connectivity index (χ2v) is 5.50. The molecular formula is C18H21ClO. The van der Waals surface area contributed by atoms with Crippen molar-refractivity contribution >= 4 is 11.6 Å². The van der Waals surface area contributed by atoms with E-state index in [2.05, 4.69) is 24.3 Å². The van der Waals surface area contributed by atoms with Crippen LogP contribution in [0.15, 0.2) is 54.6 Å². The SMILES string of the molecule is COc1ccc(CCCCC(Cl)c2ccccc2)cc1. The van der Waals surface area contributed by atoms with Gasteiger partial charge in [-0.15, -0.1) is 11.6 Å². The van der Waals surface area contributed by atoms with Crippen LogP contribution in [-0.4, -0.2) is 7.11 Å². The largest absolute Gasteiger partial charge is 0.497 e. The summed E-state index contributed by atoms with van der Waals surface area (Å²) in [5.41, 5.74) is 2.58. The summed E-state index contributed by atoms with van der Waals surface area (Å²) in [4.78, 5) is 0. The molecule has 1 atom stereocenters. The number of benzene rings is 2. The van der Waals surface area contributed by atoms with Crippen molar-refractivity contribution in [3.8, 4) is 5.75 Å². The number of aryl methyl sites for hydroxylation is 1. The Bertz CT molecular complexity index is 493. The summed E-state index contributed by atoms with van der Waals surface area (Å²) in [6, 6.07) is 18.6. The Morgan fingerprint density at radius 2 is 1.65 bits per heavy atom. The molecule has 0 saturated carbocycles. The van der Waals surface area contributed by atoms with Gasteiger partial charge in [0.1, 0.15) is 5.75 Å². The van der Waals surface area contributed by atoms with Gasteiger partial charge in [0.2, 0.25) is 0 Å². The molecule has 0 radical (unpaired) electrons. The molecule has 0 N–H and O–H groups in total. The molecule has 0 fully saturated rings. The van der Waals surface area contributed by atoms with E-state index in [1.165, 1.54) is 17.5 Å². The lowest BCUT2D eigenvalue weighted by Gasteiger charge is -2.09. The molecular weight excluding hydrogens is 268 g/mol. The second kappa shape index (κ2) is 7.96. The Hall–Kier alpha value is -1.47. The lowest BCUT2D eigenvalue weighted by molar-refractivity contribution is 0.414. The van der Waals surface area contributed by atoms with Gasteiger partial charge in [-0.1, -0.05) is 48.9 Å². The van der Waals surface area contributed by atoms with Crippen molar-refractivity contribution in [1.82, 2.24) is 0 Å². The van der Waals surface area contributed by atoms with Crippen LogP contribution < -0.4 is 4.74 Å². The molecule has 0 spiro atoms. The maximum absolute atomic E-state index is 6.41. The van der Waals surface area contributed by atoms with E-state index in [1.807, 2.05) is 30.3 Å². The van der Waals surface area contributed by atoms with Crippen molar-refractivity contribution in [2.24, 2.45) is 0 Å². The standard InChI is InChI=1S/C18H21ClO/c1-20-17-13-11-15(12-14-17)7-5-6-10-18(19)16-8-3-2-4-9-16/h2-4,8-9,11-14,18H,5-7,10H2,1H3. The van der Waals surface area contributed by atoms with Crippen molar-refractivity contribution in [2.75, 3.05) is 7.11 Å². The highest BCUT2D eigenvalue weighted by molar-refractivity contribution is 6.20. The first-order valence-corrected chi connectivity index (χ1v) is 7.55. The number of ether oxygens (including phenoxy) is 1. The third-order valence-corrected chi connectivity index (χ3v) is 3.96. The first-order valence-electron chi connectivity index (χ1n) is 7.11. The van der Waals surface area contributed by atoms with E-state index in [0.29, 0.717) is 0 Å². The van der Waals surface area contributed by atoms with Crippen LogP contribution in [0.5, 0.6) is 5.75 Å². The van der Waals surface area contributed by atoms with Crippen LogP contribution in [0.3, 0.4) is 0 Å². The first kappa shape index (κ1) is 14.9. The van der Waals surface area contributed by atoms with Crippen molar-refractivity contribution < 1.29 is 4.74 Å². The molecule has 20 heavy (non-hydrogen) atoms. The molecule has 0 aromatic heterocycles. The van der Waals surface area contributed by atoms with Gasteiger partial charge in [0.05, 0.1) is 12.5 Å². The summed E-state index contributed by atoms with van der Waals surface area (Å²) in [5, 5.41) is 0.132. The number of rotatable bonds is 7. The fourth-order valence-corrected chi connectivity index (χ4v) is 2.57. The van der Waals surface area contributed by atoms with Gasteiger partial charge in [0, 0.05) is 0 Å². The Morgan fingerprint density at radius 3 is 2.30 bits per heavy atom. The topological polar surface area (TPSA) is 9.23 Å². The minimum absolute atomic E-state index is 0.132. The van der Waals surface area contributed by atoms with Gasteiger partial charge in [-0.3, -0.25) is 0 Å². The zero-order chi connectivity index (χ0) is 14.2. The van der Waals surface area contributed by atoms with Crippen LogP contribution in [-0.2, 0) is 6.42 Å². The van der Waals surface area contributed by atoms with Crippen LogP contribution >= 0.6 is 11.6 Å². The quantitative estimate of drug-likeness (QED) is 0.490. The minimum atomic E-state index is 0.132. The Kier molecular flexibility index (Phi) is 5.94. The number of methoxy groups -OCH3 is 1. The Balaban J connectivity index is 1.70. The maximum Gasteiger partial charge on any atom is 0.118 e. The molecule has 2 aromatic carbocycles. The van der Waals surface area contributed by atoms with Crippen molar-refractivity contribution in [1.29, 1.82) is 0 Å². The molecule has 0 bridgehead atoms. The summed E-state index contributed by atoms with van der Waals surface area (Å²) >= 11 is 6.41. The summed E-state index contributed by atoms with van der Waals surface area (Å²) in [6.07, 6.45) is 4.45. The normalized spacial score (nSPS) is 12.1. The molecule has 2 aromatic rings. The van der Waals surface area contributed by atoms with Crippen molar-refractivity contribution in [3.05, 3.63) is 65.7 Å². The van der Waals surface area contributed by atoms with E-state index >= 15 is 0 Å². The lowest BCUT2D eigenvalue weighted by atomic mass is 10.0. The van der Waals surface area contributed by atoms with E-state index in [4.69, 9.17) is 16.3 Å². The smallest absolute Gasteiger partial charge is 0.118 e. The molecule has 0 aliphatic rings. The molecule has 0 aliphatic carbocycles. The molecule has 1 nitrogen and oxygen atoms in total. The van der Waals surface area contributed by atoms with Crippen molar-refractivity contribution in [2.45, 2.75) is 31.1 Å². The van der Waals surface area contributed by atoms with E-state index in [0.717, 1.165) is 25.0 Å². The van der Waals surface area contributed by atoms with Gasteiger partial charge in [-0.2, -0.15) is 0 Å². The van der Waals surface area contributed by atoms with Crippen molar-refractivity contribution in [3.63, 3.8) is 0 Å². The van der Waals surface area contributed by atoms with Crippen LogP contribution in [0.2, 0.25) is 0 Å². The van der Waals surface area contributed by atoms with Gasteiger partial charge < -0.3 is 4.74 Å². The van der Waals surface area contributed by atoms with E-state index < -0.39 is 0 Å². The first-order chi connectivity index (χ1) is 9.79. The van der Waals surface area contributed by atoms with E-state index in [1.54, 1.807) is 7.11 Å². The van der Waals surface area contributed by atoms with Gasteiger partial charge in [-0.25, -0.2) is 0 Å². The predicted molar refractivity (Wildman–Crippen MR) is 85.6 cm³/mol. The van der Waals surface area contributed by atoms with Gasteiger partial charge in [-0.05, 0) is 42.5 Å². The molecule has 2 rings (SSSR count). The highest BCUT2D eigenvalue weighted by Crippen LogP contribution is 2.26. The maximum atomic E-state index is 6.41. The molecule has 2 heteroatoms. The number of alkyl halides is 1. The number of unbranched alkanes of at least 4 members (excludes halogenated alkanes) is 1. The molecule has 0 amide bonds. The number of hydrogen-bond donors (Lipinski definition) is 0. The monoisotopic (exact) mass is 288 g/mol. The average Bonchev–Trinajstić information content (AvgIpc) is 2.53. The fraction of sp³-hybridized carbons (Fsp3) is 0.333. The van der Waals surface area contributed by atoms with Gasteiger partial charge in [0.25, 0.3) is 0 Å². The summed E-state index contributed by atoms with van der Waals surface area (Å²) in [5.74, 6) is 0.915. The summed E-state index contributed by atoms with van der Waals surface area (Å²) < 4.78 is 5.16. The zero-order valence-corrected chi connectivity index (χ0v) is 12.6. The number of halogens is 1. The Morgan fingerprint density at radius 1 is 0.950 bits per heavy atom. The molecule has 0 saturated heterocycles. The van der Waals surface area contributed by atoms with Crippen LogP contribution in [0, 0.1) is 0 Å². The van der Waals surface area contributed by atoms with Crippen LogP contribution in [0.25, 0.3) is 0 Å². The molecule has 0 heterocycles. The second-order valence-electron chi connectivity index (χ2n) is 4.97. The fourth-order valence-electron chi connectivity index (χ4n) is 2.27. The highest BCUT2D eigenvalue weighted by atomic mass is 35.5. The lowest BCUT2D eigenvalue weighted by Crippen LogP contribution is -1.92. The number of hydrogen-bond acceptors (Lipinski definition) is 1. The molecule has 106 valence electrons. The summed E-state index contributed by atoms with van der Waals surface area (Å²) in [6.45, 7) is 0. The Labute approximate surface area is 126 Å². The van der Waals surface area contributed by atoms with Crippen LogP contribution in [0.1, 0.15) is 35.8 Å². The zero-order valence-electron chi connectivity index (χ0n) is 11.9. The predicted octanol–water partition coefficient (Wildman–Crippen LogP) is 5.39. The van der Waals surface area contributed by atoms with Crippen LogP contribution in [0.4, 0.5) is 0 Å². The summed E-state index contributed by atoms with van der Waals surface area (Å²) in [7, 11) is 1.69. The third kappa shape index (κ3) is 4.57. The van der Waals surface area contributed by atoms with E-state index in [9.17, 15) is 0 Å². The molecule has 1 unspecified atom stereocenters. The average molecular weight is 289 g/mol. The van der Waals surface area contributed by atoms with Gasteiger partial charge >= 0.3 is 0 Å².